The maximum absolute atomic E-state index is 10.8. The molecule has 2 nitrogen and oxygen atoms in total. The van der Waals surface area contributed by atoms with E-state index >= 15 is 0 Å². The van der Waals surface area contributed by atoms with E-state index in [1.165, 1.54) is 11.1 Å². The Balaban J connectivity index is 1.83. The van der Waals surface area contributed by atoms with Crippen LogP contribution < -0.4 is 5.32 Å². The summed E-state index contributed by atoms with van der Waals surface area (Å²) in [6.07, 6.45) is 0.0210. The summed E-state index contributed by atoms with van der Waals surface area (Å²) in [5.74, 6) is 0. The van der Waals surface area contributed by atoms with Gasteiger partial charge in [0.15, 0.2) is 0 Å². The van der Waals surface area contributed by atoms with Gasteiger partial charge in [0.2, 0.25) is 0 Å². The Morgan fingerprint density at radius 1 is 0.769 bits per heavy atom. The molecule has 2 unspecified atom stereocenters. The lowest BCUT2D eigenvalue weighted by Gasteiger charge is -2.24. The second kappa shape index (κ2) is 8.39. The van der Waals surface area contributed by atoms with Crippen molar-refractivity contribution in [2.24, 2.45) is 0 Å². The molecule has 2 N–H and O–H groups in total. The molecule has 2 atom stereocenters. The number of aryl methyl sites for hydroxylation is 2. The van der Waals surface area contributed by atoms with Crippen LogP contribution in [0, 0.1) is 13.8 Å². The molecule has 3 heteroatoms. The molecule has 0 amide bonds. The molecule has 0 heterocycles. The van der Waals surface area contributed by atoms with E-state index in [4.69, 9.17) is 11.6 Å². The number of anilines is 1. The van der Waals surface area contributed by atoms with Crippen LogP contribution in [0.25, 0.3) is 0 Å². The van der Waals surface area contributed by atoms with Gasteiger partial charge >= 0.3 is 0 Å². The third-order valence-corrected chi connectivity index (χ3v) is 4.84. The molecule has 3 rings (SSSR count). The Bertz CT molecular complexity index is 826. The van der Waals surface area contributed by atoms with Crippen LogP contribution in [0.2, 0.25) is 5.02 Å². The van der Waals surface area contributed by atoms with Crippen molar-refractivity contribution in [3.05, 3.63) is 100 Å². The SMILES string of the molecule is Cc1ccc(NC(CC(O)c2ccc(C)cc2)c2ccc(Cl)cc2)cc1. The lowest BCUT2D eigenvalue weighted by Crippen LogP contribution is -2.15. The quantitative estimate of drug-likeness (QED) is 0.542. The minimum absolute atomic E-state index is 0.0220. The maximum Gasteiger partial charge on any atom is 0.0812 e. The highest BCUT2D eigenvalue weighted by Gasteiger charge is 2.18. The number of rotatable bonds is 6. The van der Waals surface area contributed by atoms with Gasteiger partial charge in [0.05, 0.1) is 12.1 Å². The van der Waals surface area contributed by atoms with Gasteiger partial charge < -0.3 is 10.4 Å². The highest BCUT2D eigenvalue weighted by Crippen LogP contribution is 2.30. The average Bonchev–Trinajstić information content (AvgIpc) is 2.64. The first-order valence-corrected chi connectivity index (χ1v) is 9.22. The van der Waals surface area contributed by atoms with Gasteiger partial charge in [-0.25, -0.2) is 0 Å². The lowest BCUT2D eigenvalue weighted by molar-refractivity contribution is 0.160. The van der Waals surface area contributed by atoms with Gasteiger partial charge in [0.25, 0.3) is 0 Å². The van der Waals surface area contributed by atoms with Crippen LogP contribution in [0.1, 0.15) is 40.8 Å². The number of aliphatic hydroxyl groups is 1. The second-order valence-corrected chi connectivity index (χ2v) is 7.21. The number of halogens is 1. The van der Waals surface area contributed by atoms with E-state index in [0.717, 1.165) is 16.8 Å². The van der Waals surface area contributed by atoms with Gasteiger partial charge in [-0.2, -0.15) is 0 Å². The summed E-state index contributed by atoms with van der Waals surface area (Å²) in [7, 11) is 0. The Morgan fingerprint density at radius 2 is 1.27 bits per heavy atom. The molecule has 0 aliphatic carbocycles. The molecule has 0 fully saturated rings. The molecule has 0 aliphatic heterocycles. The van der Waals surface area contributed by atoms with E-state index in [0.29, 0.717) is 11.4 Å². The number of nitrogens with one attached hydrogen (secondary N) is 1. The van der Waals surface area contributed by atoms with E-state index in [9.17, 15) is 5.11 Å². The van der Waals surface area contributed by atoms with Crippen LogP contribution in [0.3, 0.4) is 0 Å². The molecule has 0 bridgehead atoms. The molecule has 0 saturated carbocycles. The van der Waals surface area contributed by atoms with Gasteiger partial charge in [0, 0.05) is 17.1 Å². The van der Waals surface area contributed by atoms with Crippen molar-refractivity contribution in [3.63, 3.8) is 0 Å². The van der Waals surface area contributed by atoms with Crippen molar-refractivity contribution < 1.29 is 5.11 Å². The minimum atomic E-state index is -0.547. The molecule has 3 aromatic rings. The Hall–Kier alpha value is -2.29. The van der Waals surface area contributed by atoms with E-state index in [2.05, 4.69) is 36.5 Å². The predicted molar refractivity (Wildman–Crippen MR) is 110 cm³/mol. The third-order valence-electron chi connectivity index (χ3n) is 4.59. The monoisotopic (exact) mass is 365 g/mol. The number of hydrogen-bond donors (Lipinski definition) is 2. The van der Waals surface area contributed by atoms with Crippen LogP contribution in [-0.2, 0) is 0 Å². The lowest BCUT2D eigenvalue weighted by atomic mass is 9.96. The molecular weight excluding hydrogens is 342 g/mol. The molecular formula is C23H24ClNO. The molecule has 26 heavy (non-hydrogen) atoms. The molecule has 3 aromatic carbocycles. The molecule has 0 spiro atoms. The fraction of sp³-hybridized carbons (Fsp3) is 0.217. The summed E-state index contributed by atoms with van der Waals surface area (Å²) >= 11 is 6.04. The second-order valence-electron chi connectivity index (χ2n) is 6.78. The van der Waals surface area contributed by atoms with Gasteiger partial charge in [-0.3, -0.25) is 0 Å². The smallest absolute Gasteiger partial charge is 0.0812 e. The topological polar surface area (TPSA) is 32.3 Å². The first-order valence-electron chi connectivity index (χ1n) is 8.84. The Morgan fingerprint density at radius 3 is 1.85 bits per heavy atom. The zero-order chi connectivity index (χ0) is 18.5. The summed E-state index contributed by atoms with van der Waals surface area (Å²) in [6, 6.07) is 24.1. The van der Waals surface area contributed by atoms with E-state index < -0.39 is 6.10 Å². The summed E-state index contributed by atoms with van der Waals surface area (Å²) < 4.78 is 0. The van der Waals surface area contributed by atoms with Crippen molar-refractivity contribution in [3.8, 4) is 0 Å². The maximum atomic E-state index is 10.8. The van der Waals surface area contributed by atoms with E-state index in [1.807, 2.05) is 55.5 Å². The Kier molecular flexibility index (Phi) is 5.97. The van der Waals surface area contributed by atoms with Gasteiger partial charge in [0.1, 0.15) is 0 Å². The molecule has 0 aromatic heterocycles. The van der Waals surface area contributed by atoms with Crippen molar-refractivity contribution >= 4 is 17.3 Å². The summed E-state index contributed by atoms with van der Waals surface area (Å²) in [5, 5.41) is 15.0. The summed E-state index contributed by atoms with van der Waals surface area (Å²) in [5.41, 5.74) is 5.47. The van der Waals surface area contributed by atoms with Crippen LogP contribution in [0.5, 0.6) is 0 Å². The highest BCUT2D eigenvalue weighted by molar-refractivity contribution is 6.30. The van der Waals surface area contributed by atoms with Crippen molar-refractivity contribution in [2.75, 3.05) is 5.32 Å². The normalized spacial score (nSPS) is 13.2. The average molecular weight is 366 g/mol. The van der Waals surface area contributed by atoms with Crippen LogP contribution in [0.15, 0.2) is 72.8 Å². The fourth-order valence-electron chi connectivity index (χ4n) is 2.97. The number of hydrogen-bond acceptors (Lipinski definition) is 2. The largest absolute Gasteiger partial charge is 0.388 e. The van der Waals surface area contributed by atoms with Crippen molar-refractivity contribution in [1.82, 2.24) is 0 Å². The van der Waals surface area contributed by atoms with Crippen LogP contribution in [-0.4, -0.2) is 5.11 Å². The molecule has 0 saturated heterocycles. The number of benzene rings is 3. The van der Waals surface area contributed by atoms with Crippen molar-refractivity contribution in [1.29, 1.82) is 0 Å². The summed E-state index contributed by atoms with van der Waals surface area (Å²) in [6.45, 7) is 4.12. The zero-order valence-electron chi connectivity index (χ0n) is 15.1. The van der Waals surface area contributed by atoms with Gasteiger partial charge in [-0.05, 0) is 49.2 Å². The Labute approximate surface area is 160 Å². The van der Waals surface area contributed by atoms with Crippen LogP contribution in [0.4, 0.5) is 5.69 Å². The number of aliphatic hydroxyl groups excluding tert-OH is 1. The molecule has 134 valence electrons. The predicted octanol–water partition coefficient (Wildman–Crippen LogP) is 6.23. The zero-order valence-corrected chi connectivity index (χ0v) is 15.9. The van der Waals surface area contributed by atoms with E-state index in [1.54, 1.807) is 0 Å². The van der Waals surface area contributed by atoms with Crippen molar-refractivity contribution in [2.45, 2.75) is 32.4 Å². The third kappa shape index (κ3) is 4.87. The first-order chi connectivity index (χ1) is 12.5. The standard InChI is InChI=1S/C23H24ClNO/c1-16-3-7-19(8-4-16)23(26)15-22(18-9-11-20(24)12-10-18)25-21-13-5-17(2)6-14-21/h3-14,22-23,25-26H,15H2,1-2H3. The fourth-order valence-corrected chi connectivity index (χ4v) is 3.10. The summed E-state index contributed by atoms with van der Waals surface area (Å²) in [4.78, 5) is 0. The van der Waals surface area contributed by atoms with Gasteiger partial charge in [-0.15, -0.1) is 0 Å². The molecule has 0 aliphatic rings. The molecule has 0 radical (unpaired) electrons. The first kappa shape index (κ1) is 18.5. The van der Waals surface area contributed by atoms with E-state index in [-0.39, 0.29) is 6.04 Å². The van der Waals surface area contributed by atoms with Gasteiger partial charge in [-0.1, -0.05) is 71.3 Å². The highest BCUT2D eigenvalue weighted by atomic mass is 35.5. The van der Waals surface area contributed by atoms with Crippen LogP contribution >= 0.6 is 11.6 Å². The minimum Gasteiger partial charge on any atom is -0.388 e.